The van der Waals surface area contributed by atoms with Gasteiger partial charge in [0.1, 0.15) is 10.6 Å². The molecule has 2 N–H and O–H groups in total. The maximum atomic E-state index is 13.6. The summed E-state index contributed by atoms with van der Waals surface area (Å²) in [6, 6.07) is 1.54. The molecule has 2 aromatic rings. The normalized spacial score (nSPS) is 11.8. The molecule has 0 spiro atoms. The quantitative estimate of drug-likeness (QED) is 0.622. The summed E-state index contributed by atoms with van der Waals surface area (Å²) in [4.78, 5) is 24.2. The number of rotatable bonds is 5. The lowest BCUT2D eigenvalue weighted by atomic mass is 10.2. The lowest BCUT2D eigenvalue weighted by Crippen LogP contribution is -2.30. The van der Waals surface area contributed by atoms with Crippen LogP contribution in [0, 0.1) is 24.4 Å². The Morgan fingerprint density at radius 2 is 1.92 bits per heavy atom. The number of halogens is 3. The van der Waals surface area contributed by atoms with Crippen molar-refractivity contribution in [3.05, 3.63) is 40.8 Å². The maximum Gasteiger partial charge on any atom is 0.343 e. The molecule has 1 unspecified atom stereocenters. The summed E-state index contributed by atoms with van der Waals surface area (Å²) in [5.41, 5.74) is 0.0564. The van der Waals surface area contributed by atoms with Crippen LogP contribution >= 0.6 is 11.5 Å². The van der Waals surface area contributed by atoms with Gasteiger partial charge in [0, 0.05) is 7.05 Å². The van der Waals surface area contributed by atoms with Gasteiger partial charge in [-0.25, -0.2) is 18.0 Å². The third-order valence-electron chi connectivity index (χ3n) is 3.24. The molecule has 1 atom stereocenters. The van der Waals surface area contributed by atoms with E-state index in [4.69, 9.17) is 4.74 Å². The van der Waals surface area contributed by atoms with Crippen LogP contribution in [-0.4, -0.2) is 29.4 Å². The number of hydrogen-bond acceptors (Lipinski definition) is 6. The summed E-state index contributed by atoms with van der Waals surface area (Å²) in [5, 5.41) is 5.31. The van der Waals surface area contributed by atoms with E-state index in [1.165, 1.54) is 6.92 Å². The molecule has 25 heavy (non-hydrogen) atoms. The minimum absolute atomic E-state index is 0.186. The topological polar surface area (TPSA) is 80.3 Å². The monoisotopic (exact) mass is 373 g/mol. The second kappa shape index (κ2) is 7.51. The highest BCUT2D eigenvalue weighted by Gasteiger charge is 2.25. The van der Waals surface area contributed by atoms with Crippen LogP contribution in [0.15, 0.2) is 12.1 Å². The standard InChI is InChI=1S/C15H14F3N3O3S/c1-6-10(14(19-3)25-21-6)15(23)24-7(2)13(22)20-9-5-4-8(16)11(17)12(9)18/h4-5,7,19H,1-3H3,(H,20,22). The Balaban J connectivity index is 2.09. The first-order valence-electron chi connectivity index (χ1n) is 7.05. The molecule has 0 bridgehead atoms. The summed E-state index contributed by atoms with van der Waals surface area (Å²) in [7, 11) is 1.60. The zero-order valence-corrected chi connectivity index (χ0v) is 14.3. The number of aromatic nitrogens is 1. The predicted molar refractivity (Wildman–Crippen MR) is 86.2 cm³/mol. The van der Waals surface area contributed by atoms with Crippen LogP contribution in [0.3, 0.4) is 0 Å². The fourth-order valence-electron chi connectivity index (χ4n) is 1.91. The number of esters is 1. The first kappa shape index (κ1) is 18.7. The molecule has 1 amide bonds. The molecule has 0 radical (unpaired) electrons. The number of benzene rings is 1. The number of nitrogens with one attached hydrogen (secondary N) is 2. The number of ether oxygens (including phenoxy) is 1. The zero-order valence-electron chi connectivity index (χ0n) is 13.4. The van der Waals surface area contributed by atoms with Crippen LogP contribution in [-0.2, 0) is 9.53 Å². The molecule has 10 heteroatoms. The minimum atomic E-state index is -1.71. The van der Waals surface area contributed by atoms with E-state index < -0.39 is 41.1 Å². The molecule has 0 aliphatic rings. The molecule has 1 heterocycles. The molecule has 0 saturated heterocycles. The van der Waals surface area contributed by atoms with E-state index in [9.17, 15) is 22.8 Å². The van der Waals surface area contributed by atoms with Crippen LogP contribution in [0.5, 0.6) is 0 Å². The summed E-state index contributed by atoms with van der Waals surface area (Å²) in [6.45, 7) is 2.87. The van der Waals surface area contributed by atoms with Crippen molar-refractivity contribution < 1.29 is 27.5 Å². The number of anilines is 2. The molecule has 134 valence electrons. The van der Waals surface area contributed by atoms with Crippen molar-refractivity contribution in [2.75, 3.05) is 17.7 Å². The van der Waals surface area contributed by atoms with Crippen molar-refractivity contribution in [3.8, 4) is 0 Å². The molecule has 6 nitrogen and oxygen atoms in total. The minimum Gasteiger partial charge on any atom is -0.449 e. The van der Waals surface area contributed by atoms with Crippen molar-refractivity contribution in [2.24, 2.45) is 0 Å². The second-order valence-electron chi connectivity index (χ2n) is 4.98. The van der Waals surface area contributed by atoms with E-state index in [1.807, 2.05) is 5.32 Å². The van der Waals surface area contributed by atoms with E-state index in [2.05, 4.69) is 9.69 Å². The van der Waals surface area contributed by atoms with E-state index in [0.29, 0.717) is 16.8 Å². The van der Waals surface area contributed by atoms with Crippen LogP contribution in [0.4, 0.5) is 23.9 Å². The van der Waals surface area contributed by atoms with Crippen molar-refractivity contribution in [1.29, 1.82) is 0 Å². The number of carbonyl (C=O) groups is 2. The average molecular weight is 373 g/mol. The largest absolute Gasteiger partial charge is 0.449 e. The van der Waals surface area contributed by atoms with Crippen molar-refractivity contribution >= 4 is 34.1 Å². The molecule has 1 aromatic carbocycles. The van der Waals surface area contributed by atoms with Gasteiger partial charge in [-0.15, -0.1) is 0 Å². The highest BCUT2D eigenvalue weighted by molar-refractivity contribution is 7.10. The van der Waals surface area contributed by atoms with Crippen LogP contribution in [0.2, 0.25) is 0 Å². The van der Waals surface area contributed by atoms with E-state index >= 15 is 0 Å². The zero-order chi connectivity index (χ0) is 18.7. The molecule has 1 aromatic heterocycles. The van der Waals surface area contributed by atoms with Gasteiger partial charge in [0.15, 0.2) is 23.6 Å². The van der Waals surface area contributed by atoms with E-state index in [1.54, 1.807) is 14.0 Å². The third kappa shape index (κ3) is 3.90. The second-order valence-corrected chi connectivity index (χ2v) is 5.76. The molecule has 0 aliphatic heterocycles. The molecule has 0 saturated carbocycles. The number of aryl methyl sites for hydroxylation is 1. The molecular weight excluding hydrogens is 359 g/mol. The summed E-state index contributed by atoms with van der Waals surface area (Å²) >= 11 is 1.06. The van der Waals surface area contributed by atoms with Gasteiger partial charge in [0.05, 0.1) is 11.4 Å². The lowest BCUT2D eigenvalue weighted by Gasteiger charge is -2.14. The van der Waals surface area contributed by atoms with E-state index in [-0.39, 0.29) is 5.56 Å². The number of nitrogens with zero attached hydrogens (tertiary/aromatic N) is 1. The Labute approximate surface area is 145 Å². The fourth-order valence-corrected chi connectivity index (χ4v) is 2.64. The number of hydrogen-bond donors (Lipinski definition) is 2. The SMILES string of the molecule is CNc1snc(C)c1C(=O)OC(C)C(=O)Nc1ccc(F)c(F)c1F. The summed E-state index contributed by atoms with van der Waals surface area (Å²) < 4.78 is 48.7. The summed E-state index contributed by atoms with van der Waals surface area (Å²) in [6.07, 6.45) is -1.30. The smallest absolute Gasteiger partial charge is 0.343 e. The average Bonchev–Trinajstić information content (AvgIpc) is 2.96. The fraction of sp³-hybridized carbons (Fsp3) is 0.267. The van der Waals surface area contributed by atoms with Crippen LogP contribution in [0.1, 0.15) is 23.0 Å². The van der Waals surface area contributed by atoms with Crippen molar-refractivity contribution in [1.82, 2.24) is 4.37 Å². The van der Waals surface area contributed by atoms with Crippen LogP contribution < -0.4 is 10.6 Å². The third-order valence-corrected chi connectivity index (χ3v) is 4.20. The van der Waals surface area contributed by atoms with Gasteiger partial charge in [-0.05, 0) is 37.5 Å². The Kier molecular flexibility index (Phi) is 5.62. The van der Waals surface area contributed by atoms with Gasteiger partial charge >= 0.3 is 5.97 Å². The van der Waals surface area contributed by atoms with Gasteiger partial charge in [0.2, 0.25) is 0 Å². The highest BCUT2D eigenvalue weighted by atomic mass is 32.1. The Morgan fingerprint density at radius 1 is 1.24 bits per heavy atom. The Morgan fingerprint density at radius 3 is 2.56 bits per heavy atom. The molecular formula is C15H14F3N3O3S. The Bertz CT molecular complexity index is 826. The highest BCUT2D eigenvalue weighted by Crippen LogP contribution is 2.25. The maximum absolute atomic E-state index is 13.6. The van der Waals surface area contributed by atoms with E-state index in [0.717, 1.165) is 17.6 Å². The number of amides is 1. The molecule has 2 rings (SSSR count). The first-order valence-corrected chi connectivity index (χ1v) is 7.83. The number of carbonyl (C=O) groups excluding carboxylic acids is 2. The van der Waals surface area contributed by atoms with Gasteiger partial charge in [-0.3, -0.25) is 4.79 Å². The van der Waals surface area contributed by atoms with Crippen molar-refractivity contribution in [3.63, 3.8) is 0 Å². The predicted octanol–water partition coefficient (Wildman–Crippen LogP) is 3.09. The van der Waals surface area contributed by atoms with Crippen LogP contribution in [0.25, 0.3) is 0 Å². The van der Waals surface area contributed by atoms with Gasteiger partial charge in [0.25, 0.3) is 5.91 Å². The van der Waals surface area contributed by atoms with Crippen molar-refractivity contribution in [2.45, 2.75) is 20.0 Å². The first-order chi connectivity index (χ1) is 11.8. The molecule has 0 fully saturated rings. The Hall–Kier alpha value is -2.62. The van der Waals surface area contributed by atoms with Gasteiger partial charge in [-0.1, -0.05) is 0 Å². The summed E-state index contributed by atoms with van der Waals surface area (Å²) in [5.74, 6) is -6.31. The molecule has 0 aliphatic carbocycles. The van der Waals surface area contributed by atoms with Gasteiger partial charge < -0.3 is 15.4 Å². The van der Waals surface area contributed by atoms with Gasteiger partial charge in [-0.2, -0.15) is 4.37 Å². The lowest BCUT2D eigenvalue weighted by molar-refractivity contribution is -0.123.